The van der Waals surface area contributed by atoms with E-state index in [1.54, 1.807) is 0 Å². The molecule has 3 aromatic rings. The van der Waals surface area contributed by atoms with Gasteiger partial charge < -0.3 is 10.4 Å². The highest BCUT2D eigenvalue weighted by molar-refractivity contribution is 5.92. The van der Waals surface area contributed by atoms with E-state index in [-0.39, 0.29) is 12.1 Å². The molecule has 1 heterocycles. The Balaban J connectivity index is 1.79. The van der Waals surface area contributed by atoms with E-state index in [9.17, 15) is 31.9 Å². The molecular formula is C22H19F5N4O2. The zero-order chi connectivity index (χ0) is 24.2. The highest BCUT2D eigenvalue weighted by Crippen LogP contribution is 2.31. The number of halogens is 5. The number of carbonyl (C=O) groups is 1. The van der Waals surface area contributed by atoms with Crippen LogP contribution in [0.5, 0.6) is 0 Å². The minimum atomic E-state index is -4.47. The van der Waals surface area contributed by atoms with Gasteiger partial charge in [0.1, 0.15) is 29.9 Å². The average Bonchev–Trinajstić information content (AvgIpc) is 3.24. The van der Waals surface area contributed by atoms with E-state index < -0.39 is 40.9 Å². The number of carbonyl (C=O) groups excluding carboxylic acids is 1. The smallest absolute Gasteiger partial charge is 0.381 e. The van der Waals surface area contributed by atoms with Crippen molar-refractivity contribution < 1.29 is 31.9 Å². The second kappa shape index (κ2) is 9.49. The van der Waals surface area contributed by atoms with Gasteiger partial charge in [0.15, 0.2) is 0 Å². The first-order valence-electron chi connectivity index (χ1n) is 9.65. The Morgan fingerprint density at radius 3 is 2.45 bits per heavy atom. The summed E-state index contributed by atoms with van der Waals surface area (Å²) in [6, 6.07) is 5.73. The monoisotopic (exact) mass is 466 g/mol. The van der Waals surface area contributed by atoms with E-state index in [0.717, 1.165) is 30.3 Å². The third-order valence-corrected chi connectivity index (χ3v) is 5.01. The minimum Gasteiger partial charge on any atom is -0.381 e. The van der Waals surface area contributed by atoms with Gasteiger partial charge in [-0.3, -0.25) is 4.79 Å². The van der Waals surface area contributed by atoms with Gasteiger partial charge in [-0.25, -0.2) is 18.4 Å². The summed E-state index contributed by atoms with van der Waals surface area (Å²) in [6.07, 6.45) is 0.370. The van der Waals surface area contributed by atoms with E-state index in [1.807, 2.05) is 0 Å². The van der Waals surface area contributed by atoms with Crippen LogP contribution in [0.15, 0.2) is 61.2 Å². The summed E-state index contributed by atoms with van der Waals surface area (Å²) < 4.78 is 67.1. The van der Waals surface area contributed by atoms with Gasteiger partial charge in [-0.15, -0.1) is 0 Å². The van der Waals surface area contributed by atoms with Crippen LogP contribution >= 0.6 is 0 Å². The van der Waals surface area contributed by atoms with Crippen LogP contribution in [0.4, 0.5) is 22.0 Å². The van der Waals surface area contributed by atoms with Crippen molar-refractivity contribution in [3.8, 4) is 0 Å². The number of aliphatic hydroxyl groups is 1. The lowest BCUT2D eigenvalue weighted by Crippen LogP contribution is -2.51. The number of nitrogens with zero attached hydrogens (tertiary/aromatic N) is 3. The minimum absolute atomic E-state index is 0.265. The van der Waals surface area contributed by atoms with Crippen LogP contribution in [0.2, 0.25) is 0 Å². The molecule has 2 atom stereocenters. The summed E-state index contributed by atoms with van der Waals surface area (Å²) in [5.74, 6) is -2.54. The van der Waals surface area contributed by atoms with Crippen molar-refractivity contribution in [2.45, 2.75) is 31.3 Å². The van der Waals surface area contributed by atoms with Crippen molar-refractivity contribution in [2.24, 2.45) is 0 Å². The molecular weight excluding hydrogens is 447 g/mol. The number of alkyl halides is 3. The van der Waals surface area contributed by atoms with Crippen molar-refractivity contribution >= 4 is 12.0 Å². The quantitative estimate of drug-likeness (QED) is 0.411. The Bertz CT molecular complexity index is 1130. The van der Waals surface area contributed by atoms with E-state index in [4.69, 9.17) is 0 Å². The topological polar surface area (TPSA) is 80.0 Å². The summed E-state index contributed by atoms with van der Waals surface area (Å²) in [6.45, 7) is 1.11. The fraction of sp³-hybridized carbons (Fsp3) is 0.227. The van der Waals surface area contributed by atoms with Gasteiger partial charge >= 0.3 is 6.18 Å². The van der Waals surface area contributed by atoms with Crippen molar-refractivity contribution in [3.05, 3.63) is 89.5 Å². The van der Waals surface area contributed by atoms with Crippen LogP contribution in [0, 0.1) is 11.6 Å². The van der Waals surface area contributed by atoms with Crippen molar-refractivity contribution in [1.29, 1.82) is 0 Å². The molecule has 2 aromatic carbocycles. The number of rotatable bonds is 7. The number of hydrogen-bond donors (Lipinski definition) is 2. The molecule has 0 aliphatic rings. The van der Waals surface area contributed by atoms with Gasteiger partial charge in [0, 0.05) is 17.7 Å². The second-order valence-corrected chi connectivity index (χ2v) is 7.32. The predicted molar refractivity (Wildman–Crippen MR) is 108 cm³/mol. The number of aromatic nitrogens is 3. The third-order valence-electron chi connectivity index (χ3n) is 5.01. The standard InChI is InChI=1S/C22H19F5N4O2/c1-14(30-20(32)9-4-15-2-5-16(6-3-15)22(25,26)27)21(33,11-31-13-28-12-29-31)18-8-7-17(23)10-19(18)24/h2-10,12-14,33H,11H2,1H3,(H,30,32)/t14-,21?/m1/s1. The van der Waals surface area contributed by atoms with Crippen LogP contribution in [-0.4, -0.2) is 31.8 Å². The fourth-order valence-corrected chi connectivity index (χ4v) is 3.19. The normalized spacial score (nSPS) is 14.8. The number of amides is 1. The molecule has 0 aliphatic heterocycles. The highest BCUT2D eigenvalue weighted by atomic mass is 19.4. The molecule has 0 bridgehead atoms. The van der Waals surface area contributed by atoms with Crippen LogP contribution in [-0.2, 0) is 23.1 Å². The molecule has 0 fully saturated rings. The molecule has 11 heteroatoms. The lowest BCUT2D eigenvalue weighted by molar-refractivity contribution is -0.137. The summed E-state index contributed by atoms with van der Waals surface area (Å²) in [4.78, 5) is 16.2. The zero-order valence-electron chi connectivity index (χ0n) is 17.2. The first-order valence-corrected chi connectivity index (χ1v) is 9.65. The Labute approximate surface area is 185 Å². The highest BCUT2D eigenvalue weighted by Gasteiger charge is 2.40. The van der Waals surface area contributed by atoms with Crippen molar-refractivity contribution in [2.75, 3.05) is 0 Å². The Morgan fingerprint density at radius 2 is 1.88 bits per heavy atom. The summed E-state index contributed by atoms with van der Waals surface area (Å²) >= 11 is 0. The van der Waals surface area contributed by atoms with Gasteiger partial charge in [-0.05, 0) is 36.8 Å². The lowest BCUT2D eigenvalue weighted by atomic mass is 9.86. The first kappa shape index (κ1) is 24.1. The van der Waals surface area contributed by atoms with Gasteiger partial charge in [-0.1, -0.05) is 18.2 Å². The molecule has 1 unspecified atom stereocenters. The van der Waals surface area contributed by atoms with Crippen LogP contribution in [0.1, 0.15) is 23.6 Å². The Morgan fingerprint density at radius 1 is 1.18 bits per heavy atom. The molecule has 174 valence electrons. The van der Waals surface area contributed by atoms with Crippen LogP contribution in [0.3, 0.4) is 0 Å². The molecule has 0 saturated heterocycles. The molecule has 3 rings (SSSR count). The second-order valence-electron chi connectivity index (χ2n) is 7.32. The van der Waals surface area contributed by atoms with Crippen molar-refractivity contribution in [1.82, 2.24) is 20.1 Å². The molecule has 0 spiro atoms. The molecule has 0 aliphatic carbocycles. The van der Waals surface area contributed by atoms with Crippen LogP contribution < -0.4 is 5.32 Å². The maximum atomic E-state index is 14.5. The van der Waals surface area contributed by atoms with Gasteiger partial charge in [-0.2, -0.15) is 18.3 Å². The Kier molecular flexibility index (Phi) is 6.92. The largest absolute Gasteiger partial charge is 0.416 e. The Hall–Kier alpha value is -3.60. The van der Waals surface area contributed by atoms with Gasteiger partial charge in [0.05, 0.1) is 18.2 Å². The number of nitrogens with one attached hydrogen (secondary N) is 1. The molecule has 1 amide bonds. The summed E-state index contributed by atoms with van der Waals surface area (Å²) in [7, 11) is 0. The van der Waals surface area contributed by atoms with E-state index in [0.29, 0.717) is 11.6 Å². The summed E-state index contributed by atoms with van der Waals surface area (Å²) in [5, 5.41) is 17.7. The van der Waals surface area contributed by atoms with E-state index in [1.165, 1.54) is 42.5 Å². The molecule has 0 radical (unpaired) electrons. The van der Waals surface area contributed by atoms with Gasteiger partial charge in [0.25, 0.3) is 0 Å². The number of benzene rings is 2. The first-order chi connectivity index (χ1) is 15.5. The molecule has 33 heavy (non-hydrogen) atoms. The van der Waals surface area contributed by atoms with E-state index >= 15 is 0 Å². The SMILES string of the molecule is C[C@@H](NC(=O)C=Cc1ccc(C(F)(F)F)cc1)C(O)(Cn1cncn1)c1ccc(F)cc1F. The summed E-state index contributed by atoms with van der Waals surface area (Å²) in [5.41, 5.74) is -2.78. The zero-order valence-corrected chi connectivity index (χ0v) is 17.2. The molecule has 0 saturated carbocycles. The molecule has 6 nitrogen and oxygen atoms in total. The molecule has 1 aromatic heterocycles. The maximum absolute atomic E-state index is 14.5. The third kappa shape index (κ3) is 5.80. The van der Waals surface area contributed by atoms with Crippen LogP contribution in [0.25, 0.3) is 6.08 Å². The predicted octanol–water partition coefficient (Wildman–Crippen LogP) is 3.68. The lowest BCUT2D eigenvalue weighted by Gasteiger charge is -2.35. The van der Waals surface area contributed by atoms with Gasteiger partial charge in [0.2, 0.25) is 5.91 Å². The maximum Gasteiger partial charge on any atom is 0.416 e. The molecule has 2 N–H and O–H groups in total. The number of hydrogen-bond acceptors (Lipinski definition) is 4. The average molecular weight is 466 g/mol. The van der Waals surface area contributed by atoms with Crippen molar-refractivity contribution in [3.63, 3.8) is 0 Å². The fourth-order valence-electron chi connectivity index (χ4n) is 3.19. The van der Waals surface area contributed by atoms with E-state index in [2.05, 4.69) is 15.4 Å².